The van der Waals surface area contributed by atoms with Crippen LogP contribution in [0.3, 0.4) is 0 Å². The molecule has 1 N–H and O–H groups in total. The third-order valence-electron chi connectivity index (χ3n) is 6.51. The van der Waals surface area contributed by atoms with E-state index in [2.05, 4.69) is 73.4 Å². The standard InChI is InChI=1S/C34H31N3O/c1-5-7-13-23(3)32-35-33(26-14-10-9-11-15-26)37-34(36-32)27-21-19-25(20-22-27)29-17-12-16-28-24(4)30(18-8-6-2)38-31(28)29/h5-22,33H,4H2,1-3H3,(H,35,36,37)/b7-5-,8-6-,23-13+,30-18+. The molecular weight excluding hydrogens is 466 g/mol. The SMILES string of the molecule is C=c1/c(=C\C=C/C)oc2c(-c3ccc(C4=NC(c5ccccc5)NC(/C(C)=C/C=C\C)=N4)cc3)cccc12. The summed E-state index contributed by atoms with van der Waals surface area (Å²) >= 11 is 0. The predicted octanol–water partition coefficient (Wildman–Crippen LogP) is 6.84. The molecule has 1 atom stereocenters. The van der Waals surface area contributed by atoms with Crippen molar-refractivity contribution in [2.75, 3.05) is 0 Å². The number of hydrogen-bond donors (Lipinski definition) is 1. The number of rotatable bonds is 6. The molecule has 4 heteroatoms. The number of nitrogens with one attached hydrogen (secondary N) is 1. The molecule has 0 aliphatic carbocycles. The molecule has 0 fully saturated rings. The third kappa shape index (κ3) is 5.07. The first-order valence-electron chi connectivity index (χ1n) is 12.8. The first kappa shape index (κ1) is 25.0. The van der Waals surface area contributed by atoms with Crippen molar-refractivity contribution in [3.8, 4) is 11.1 Å². The van der Waals surface area contributed by atoms with Gasteiger partial charge in [-0.05, 0) is 43.5 Å². The summed E-state index contributed by atoms with van der Waals surface area (Å²) in [7, 11) is 0. The lowest BCUT2D eigenvalue weighted by Crippen LogP contribution is -2.33. The molecule has 0 saturated heterocycles. The van der Waals surface area contributed by atoms with Gasteiger partial charge < -0.3 is 9.73 Å². The maximum Gasteiger partial charge on any atom is 0.159 e. The monoisotopic (exact) mass is 497 g/mol. The zero-order valence-corrected chi connectivity index (χ0v) is 22.0. The number of nitrogens with zero attached hydrogens (tertiary/aromatic N) is 2. The predicted molar refractivity (Wildman–Crippen MR) is 161 cm³/mol. The summed E-state index contributed by atoms with van der Waals surface area (Å²) in [5.41, 5.74) is 6.81. The van der Waals surface area contributed by atoms with E-state index in [1.54, 1.807) is 0 Å². The Morgan fingerprint density at radius 1 is 0.895 bits per heavy atom. The van der Waals surface area contributed by atoms with E-state index in [9.17, 15) is 0 Å². The number of benzene rings is 3. The highest BCUT2D eigenvalue weighted by molar-refractivity contribution is 6.13. The number of hydrogen-bond acceptors (Lipinski definition) is 4. The Balaban J connectivity index is 1.55. The van der Waals surface area contributed by atoms with Gasteiger partial charge in [0, 0.05) is 21.7 Å². The van der Waals surface area contributed by atoms with Crippen LogP contribution in [0.1, 0.15) is 38.1 Å². The molecule has 0 spiro atoms. The van der Waals surface area contributed by atoms with Crippen LogP contribution < -0.4 is 16.0 Å². The molecule has 1 aliphatic rings. The summed E-state index contributed by atoms with van der Waals surface area (Å²) in [5, 5.41) is 5.41. The van der Waals surface area contributed by atoms with Gasteiger partial charge in [-0.1, -0.05) is 110 Å². The molecule has 4 aromatic rings. The van der Waals surface area contributed by atoms with Crippen LogP contribution in [-0.2, 0) is 0 Å². The maximum absolute atomic E-state index is 6.23. The Bertz CT molecular complexity index is 1720. The van der Waals surface area contributed by atoms with E-state index >= 15 is 0 Å². The Morgan fingerprint density at radius 2 is 1.63 bits per heavy atom. The van der Waals surface area contributed by atoms with Crippen LogP contribution in [0.2, 0.25) is 0 Å². The van der Waals surface area contributed by atoms with E-state index < -0.39 is 0 Å². The lowest BCUT2D eigenvalue weighted by Gasteiger charge is -2.23. The van der Waals surface area contributed by atoms with Crippen molar-refractivity contribution in [2.45, 2.75) is 26.9 Å². The summed E-state index contributed by atoms with van der Waals surface area (Å²) in [5.74, 6) is 1.52. The van der Waals surface area contributed by atoms with Crippen LogP contribution in [0.4, 0.5) is 0 Å². The van der Waals surface area contributed by atoms with Gasteiger partial charge in [0.25, 0.3) is 0 Å². The summed E-state index contributed by atoms with van der Waals surface area (Å²) in [6, 6.07) is 24.8. The largest absolute Gasteiger partial charge is 0.455 e. The van der Waals surface area contributed by atoms with Crippen molar-refractivity contribution in [2.24, 2.45) is 9.98 Å². The third-order valence-corrected chi connectivity index (χ3v) is 6.51. The minimum Gasteiger partial charge on any atom is -0.455 e. The first-order chi connectivity index (χ1) is 18.6. The van der Waals surface area contributed by atoms with E-state index in [-0.39, 0.29) is 6.17 Å². The maximum atomic E-state index is 6.23. The molecule has 5 rings (SSSR count). The quantitative estimate of drug-likeness (QED) is 0.297. The number of aliphatic imine (C=N–C) groups is 2. The normalized spacial score (nSPS) is 16.8. The molecule has 2 heterocycles. The molecule has 0 radical (unpaired) electrons. The van der Waals surface area contributed by atoms with Crippen LogP contribution in [0.15, 0.2) is 123 Å². The lowest BCUT2D eigenvalue weighted by molar-refractivity contribution is 0.577. The van der Waals surface area contributed by atoms with E-state index in [0.717, 1.165) is 55.3 Å². The number of allylic oxidation sites excluding steroid dienone is 5. The summed E-state index contributed by atoms with van der Waals surface area (Å²) in [4.78, 5) is 9.86. The van der Waals surface area contributed by atoms with Gasteiger partial charge in [-0.15, -0.1) is 0 Å². The van der Waals surface area contributed by atoms with Crippen LogP contribution in [-0.4, -0.2) is 11.7 Å². The minimum atomic E-state index is -0.216. The van der Waals surface area contributed by atoms with Crippen molar-refractivity contribution >= 4 is 35.3 Å². The summed E-state index contributed by atoms with van der Waals surface area (Å²) in [6.45, 7) is 10.3. The number of fused-ring (bicyclic) bond motifs is 1. The van der Waals surface area contributed by atoms with Crippen LogP contribution in [0.5, 0.6) is 0 Å². The van der Waals surface area contributed by atoms with Crippen LogP contribution in [0.25, 0.3) is 34.8 Å². The van der Waals surface area contributed by atoms with Crippen molar-refractivity contribution in [3.05, 3.63) is 131 Å². The smallest absolute Gasteiger partial charge is 0.159 e. The van der Waals surface area contributed by atoms with Gasteiger partial charge in [-0.25, -0.2) is 9.98 Å². The molecule has 0 bridgehead atoms. The molecule has 0 saturated carbocycles. The topological polar surface area (TPSA) is 49.9 Å². The summed E-state index contributed by atoms with van der Waals surface area (Å²) < 4.78 is 6.23. The van der Waals surface area contributed by atoms with Gasteiger partial charge in [0.15, 0.2) is 5.84 Å². The van der Waals surface area contributed by atoms with E-state index in [1.807, 2.05) is 68.5 Å². The molecular formula is C34H31N3O. The second-order valence-corrected chi connectivity index (χ2v) is 9.14. The average Bonchev–Trinajstić information content (AvgIpc) is 3.30. The molecule has 1 unspecified atom stereocenters. The van der Waals surface area contributed by atoms with E-state index in [0.29, 0.717) is 5.84 Å². The molecule has 3 aromatic carbocycles. The fraction of sp³-hybridized carbons (Fsp3) is 0.118. The van der Waals surface area contributed by atoms with E-state index in [1.165, 1.54) is 0 Å². The van der Waals surface area contributed by atoms with Crippen molar-refractivity contribution in [1.82, 2.24) is 5.32 Å². The molecule has 1 aliphatic heterocycles. The van der Waals surface area contributed by atoms with Crippen molar-refractivity contribution in [1.29, 1.82) is 0 Å². The fourth-order valence-corrected chi connectivity index (χ4v) is 4.44. The van der Waals surface area contributed by atoms with Crippen LogP contribution >= 0.6 is 0 Å². The molecule has 1 aromatic heterocycles. The van der Waals surface area contributed by atoms with Crippen LogP contribution in [0, 0.1) is 0 Å². The second-order valence-electron chi connectivity index (χ2n) is 9.14. The Hall–Kier alpha value is -4.70. The van der Waals surface area contributed by atoms with Crippen molar-refractivity contribution < 1.29 is 4.42 Å². The Kier molecular flexibility index (Phi) is 7.32. The number of furan rings is 1. The van der Waals surface area contributed by atoms with Gasteiger partial charge in [-0.3, -0.25) is 0 Å². The van der Waals surface area contributed by atoms with E-state index in [4.69, 9.17) is 14.4 Å². The highest BCUT2D eigenvalue weighted by Crippen LogP contribution is 2.28. The molecule has 188 valence electrons. The highest BCUT2D eigenvalue weighted by atomic mass is 16.3. The molecule has 4 nitrogen and oxygen atoms in total. The first-order valence-corrected chi connectivity index (χ1v) is 12.8. The van der Waals surface area contributed by atoms with Gasteiger partial charge in [0.2, 0.25) is 0 Å². The van der Waals surface area contributed by atoms with Gasteiger partial charge in [0.1, 0.15) is 23.0 Å². The lowest BCUT2D eigenvalue weighted by atomic mass is 10.0. The highest BCUT2D eigenvalue weighted by Gasteiger charge is 2.20. The Labute approximate surface area is 223 Å². The van der Waals surface area contributed by atoms with Gasteiger partial charge in [-0.2, -0.15) is 0 Å². The average molecular weight is 498 g/mol. The summed E-state index contributed by atoms with van der Waals surface area (Å²) in [6.07, 6.45) is 11.8. The Morgan fingerprint density at radius 3 is 2.37 bits per heavy atom. The van der Waals surface area contributed by atoms with Gasteiger partial charge >= 0.3 is 0 Å². The van der Waals surface area contributed by atoms with Crippen molar-refractivity contribution in [3.63, 3.8) is 0 Å². The number of para-hydroxylation sites is 1. The molecule has 0 amide bonds. The minimum absolute atomic E-state index is 0.216. The zero-order valence-electron chi connectivity index (χ0n) is 22.0. The van der Waals surface area contributed by atoms with Gasteiger partial charge in [0.05, 0.1) is 0 Å². The molecule has 38 heavy (non-hydrogen) atoms. The number of amidine groups is 2. The second kappa shape index (κ2) is 11.1. The fourth-order valence-electron chi connectivity index (χ4n) is 4.44. The zero-order chi connectivity index (χ0) is 26.5.